The second kappa shape index (κ2) is 4.94. The molecule has 0 amide bonds. The quantitative estimate of drug-likeness (QED) is 0.602. The molecular formula is C17H27O3P. The number of hydrogen-bond acceptors (Lipinski definition) is 3. The van der Waals surface area contributed by atoms with Crippen molar-refractivity contribution in [1.29, 1.82) is 0 Å². The van der Waals surface area contributed by atoms with Gasteiger partial charge in [-0.15, -0.1) is 0 Å². The maximum Gasteiger partial charge on any atom is 0.357 e. The standard InChI is InChI=1S/C17H27O3P/c1-4-7-8-10-13-11-9-12-14(13)15(12)16(11)17(10)21(18,19-5-2)20-6-3/h11-16H,4-9H2,1-3H3. The molecule has 0 spiro atoms. The minimum absolute atomic E-state index is 0.474. The Morgan fingerprint density at radius 2 is 1.71 bits per heavy atom. The highest BCUT2D eigenvalue weighted by Gasteiger charge is 2.78. The average Bonchev–Trinajstić information content (AvgIpc) is 2.81. The highest BCUT2D eigenvalue weighted by Crippen LogP contribution is 2.86. The average molecular weight is 310 g/mol. The second-order valence-corrected chi connectivity index (χ2v) is 9.11. The minimum atomic E-state index is -3.05. The Balaban J connectivity index is 1.72. The van der Waals surface area contributed by atoms with Crippen molar-refractivity contribution in [2.24, 2.45) is 35.5 Å². The van der Waals surface area contributed by atoms with Gasteiger partial charge in [-0.05, 0) is 68.6 Å². The van der Waals surface area contributed by atoms with E-state index in [1.807, 2.05) is 13.8 Å². The molecule has 5 aliphatic carbocycles. The van der Waals surface area contributed by atoms with Gasteiger partial charge in [-0.25, -0.2) is 0 Å². The summed E-state index contributed by atoms with van der Waals surface area (Å²) in [6, 6.07) is 0. The summed E-state index contributed by atoms with van der Waals surface area (Å²) in [6.45, 7) is 7.02. The number of hydrogen-bond donors (Lipinski definition) is 0. The molecule has 0 saturated heterocycles. The Morgan fingerprint density at radius 1 is 1.05 bits per heavy atom. The number of allylic oxidation sites excluding steroid dienone is 2. The normalized spacial score (nSPS) is 42.2. The lowest BCUT2D eigenvalue weighted by atomic mass is 9.91. The SMILES string of the molecule is CCCCC1=C(P(=O)(OCC)OCC)C2C3CC4C(C13)C42. The van der Waals surface area contributed by atoms with Gasteiger partial charge >= 0.3 is 7.60 Å². The molecule has 5 rings (SSSR count). The van der Waals surface area contributed by atoms with Crippen LogP contribution in [0.4, 0.5) is 0 Å². The van der Waals surface area contributed by atoms with Gasteiger partial charge in [-0.3, -0.25) is 4.57 Å². The summed E-state index contributed by atoms with van der Waals surface area (Å²) in [7, 11) is -3.05. The summed E-state index contributed by atoms with van der Waals surface area (Å²) in [5.41, 5.74) is 1.50. The highest BCUT2D eigenvalue weighted by molar-refractivity contribution is 7.58. The molecule has 118 valence electrons. The molecule has 4 saturated carbocycles. The Bertz CT molecular complexity index is 516. The zero-order valence-corrected chi connectivity index (χ0v) is 14.3. The van der Waals surface area contributed by atoms with Crippen LogP contribution in [0.15, 0.2) is 10.9 Å². The highest BCUT2D eigenvalue weighted by atomic mass is 31.2. The summed E-state index contributed by atoms with van der Waals surface area (Å²) in [4.78, 5) is 0. The van der Waals surface area contributed by atoms with Gasteiger partial charge < -0.3 is 9.05 Å². The molecule has 3 nitrogen and oxygen atoms in total. The van der Waals surface area contributed by atoms with Crippen LogP contribution in [0.5, 0.6) is 0 Å². The molecule has 21 heavy (non-hydrogen) atoms. The van der Waals surface area contributed by atoms with Crippen LogP contribution in [-0.4, -0.2) is 13.2 Å². The van der Waals surface area contributed by atoms with Gasteiger partial charge in [-0.2, -0.15) is 0 Å². The monoisotopic (exact) mass is 310 g/mol. The number of rotatable bonds is 8. The van der Waals surface area contributed by atoms with Crippen LogP contribution in [0.1, 0.15) is 46.5 Å². The topological polar surface area (TPSA) is 35.5 Å². The molecule has 0 heterocycles. The molecule has 0 aromatic carbocycles. The third kappa shape index (κ3) is 1.77. The van der Waals surface area contributed by atoms with Crippen LogP contribution in [0, 0.1) is 35.5 Å². The molecule has 6 bridgehead atoms. The summed E-state index contributed by atoms with van der Waals surface area (Å²) in [5, 5.41) is 1.15. The molecule has 5 aliphatic rings. The van der Waals surface area contributed by atoms with E-state index in [0.717, 1.165) is 41.3 Å². The van der Waals surface area contributed by atoms with E-state index in [4.69, 9.17) is 9.05 Å². The molecule has 0 N–H and O–H groups in total. The van der Waals surface area contributed by atoms with Crippen LogP contribution in [-0.2, 0) is 13.6 Å². The van der Waals surface area contributed by atoms with E-state index in [2.05, 4.69) is 6.92 Å². The molecule has 6 atom stereocenters. The maximum absolute atomic E-state index is 13.4. The fourth-order valence-electron chi connectivity index (χ4n) is 5.95. The molecule has 0 aromatic rings. The van der Waals surface area contributed by atoms with Gasteiger partial charge in [0.25, 0.3) is 0 Å². The molecule has 6 unspecified atom stereocenters. The maximum atomic E-state index is 13.4. The van der Waals surface area contributed by atoms with Crippen LogP contribution >= 0.6 is 7.60 Å². The van der Waals surface area contributed by atoms with Crippen LogP contribution in [0.2, 0.25) is 0 Å². The van der Waals surface area contributed by atoms with Gasteiger partial charge in [0.05, 0.1) is 13.2 Å². The summed E-state index contributed by atoms with van der Waals surface area (Å²) < 4.78 is 24.9. The van der Waals surface area contributed by atoms with Gasteiger partial charge in [-0.1, -0.05) is 18.9 Å². The van der Waals surface area contributed by atoms with Crippen molar-refractivity contribution in [3.8, 4) is 0 Å². The zero-order chi connectivity index (χ0) is 14.8. The van der Waals surface area contributed by atoms with Crippen molar-refractivity contribution in [3.05, 3.63) is 10.9 Å². The first kappa shape index (κ1) is 14.5. The lowest BCUT2D eigenvalue weighted by Gasteiger charge is -2.26. The van der Waals surface area contributed by atoms with E-state index in [0.29, 0.717) is 19.1 Å². The Labute approximate surface area is 128 Å². The molecule has 0 aliphatic heterocycles. The van der Waals surface area contributed by atoms with E-state index in [-0.39, 0.29) is 0 Å². The minimum Gasteiger partial charge on any atom is -0.306 e. The van der Waals surface area contributed by atoms with Crippen LogP contribution in [0.3, 0.4) is 0 Å². The van der Waals surface area contributed by atoms with E-state index in [1.54, 1.807) is 0 Å². The third-order valence-corrected chi connectivity index (χ3v) is 8.70. The molecule has 0 radical (unpaired) electrons. The summed E-state index contributed by atoms with van der Waals surface area (Å²) >= 11 is 0. The summed E-state index contributed by atoms with van der Waals surface area (Å²) in [5.74, 6) is 4.76. The molecule has 4 heteroatoms. The van der Waals surface area contributed by atoms with Crippen molar-refractivity contribution in [3.63, 3.8) is 0 Å². The fourth-order valence-corrected chi connectivity index (χ4v) is 8.33. The van der Waals surface area contributed by atoms with E-state index in [9.17, 15) is 4.57 Å². The van der Waals surface area contributed by atoms with Gasteiger partial charge in [0, 0.05) is 5.31 Å². The molecule has 0 aromatic heterocycles. The Kier molecular flexibility index (Phi) is 3.41. The van der Waals surface area contributed by atoms with E-state index in [1.165, 1.54) is 24.8 Å². The Morgan fingerprint density at radius 3 is 2.29 bits per heavy atom. The lowest BCUT2D eigenvalue weighted by molar-refractivity contribution is 0.222. The van der Waals surface area contributed by atoms with E-state index < -0.39 is 7.60 Å². The Hall–Kier alpha value is -0.110. The second-order valence-electron chi connectivity index (χ2n) is 7.12. The lowest BCUT2D eigenvalue weighted by Crippen LogP contribution is -2.11. The van der Waals surface area contributed by atoms with E-state index >= 15 is 0 Å². The largest absolute Gasteiger partial charge is 0.357 e. The van der Waals surface area contributed by atoms with Crippen molar-refractivity contribution < 1.29 is 13.6 Å². The van der Waals surface area contributed by atoms with Crippen LogP contribution < -0.4 is 0 Å². The fraction of sp³-hybridized carbons (Fsp3) is 0.882. The van der Waals surface area contributed by atoms with Gasteiger partial charge in [0.2, 0.25) is 0 Å². The molecule has 4 fully saturated rings. The van der Waals surface area contributed by atoms with Crippen molar-refractivity contribution in [2.45, 2.75) is 46.5 Å². The van der Waals surface area contributed by atoms with Gasteiger partial charge in [0.1, 0.15) is 0 Å². The molecular weight excluding hydrogens is 283 g/mol. The van der Waals surface area contributed by atoms with Crippen molar-refractivity contribution in [2.75, 3.05) is 13.2 Å². The first-order valence-corrected chi connectivity index (χ1v) is 10.3. The smallest absolute Gasteiger partial charge is 0.306 e. The van der Waals surface area contributed by atoms with Crippen molar-refractivity contribution >= 4 is 7.60 Å². The van der Waals surface area contributed by atoms with Crippen molar-refractivity contribution in [1.82, 2.24) is 0 Å². The van der Waals surface area contributed by atoms with Crippen LogP contribution in [0.25, 0.3) is 0 Å². The summed E-state index contributed by atoms with van der Waals surface area (Å²) in [6.07, 6.45) is 4.89. The first-order valence-electron chi connectivity index (χ1n) is 8.80. The van der Waals surface area contributed by atoms with Gasteiger partial charge in [0.15, 0.2) is 0 Å². The number of unbranched alkanes of at least 4 members (excludes halogenated alkanes) is 1. The zero-order valence-electron chi connectivity index (χ0n) is 13.4. The third-order valence-electron chi connectivity index (χ3n) is 6.33. The first-order chi connectivity index (χ1) is 10.2. The predicted molar refractivity (Wildman–Crippen MR) is 83.0 cm³/mol. The predicted octanol–water partition coefficient (Wildman–Crippen LogP) is 4.84.